The Kier molecular flexibility index (Phi) is 2.11. The van der Waals surface area contributed by atoms with E-state index in [2.05, 4.69) is 0 Å². The summed E-state index contributed by atoms with van der Waals surface area (Å²) in [7, 11) is 0. The first-order valence-electron chi connectivity index (χ1n) is 3.35. The fourth-order valence-corrected chi connectivity index (χ4v) is 0.870. The predicted molar refractivity (Wildman–Crippen MR) is 34.9 cm³/mol. The minimum atomic E-state index is -0.368. The maximum atomic E-state index is 9.16. The quantitative estimate of drug-likeness (QED) is 0.602. The molecule has 0 spiro atoms. The molecule has 0 aromatic heterocycles. The highest BCUT2D eigenvalue weighted by Crippen LogP contribution is 2.14. The summed E-state index contributed by atoms with van der Waals surface area (Å²) in [5.74, 6) is 0.762. The molecule has 0 radical (unpaired) electrons. The summed E-state index contributed by atoms with van der Waals surface area (Å²) in [5, 5.41) is 9.16. The largest absolute Gasteiger partial charge is 0.495 e. The third kappa shape index (κ3) is 1.45. The lowest BCUT2D eigenvalue weighted by Gasteiger charge is -2.07. The van der Waals surface area contributed by atoms with E-state index in [9.17, 15) is 0 Å². The van der Waals surface area contributed by atoms with Crippen LogP contribution < -0.4 is 0 Å². The summed E-state index contributed by atoms with van der Waals surface area (Å²) >= 11 is 0. The molecule has 9 heavy (non-hydrogen) atoms. The van der Waals surface area contributed by atoms with E-state index in [0.29, 0.717) is 0 Å². The van der Waals surface area contributed by atoms with E-state index in [-0.39, 0.29) is 6.10 Å². The van der Waals surface area contributed by atoms with Crippen molar-refractivity contribution in [3.63, 3.8) is 0 Å². The molecule has 0 aromatic rings. The Labute approximate surface area is 55.1 Å². The number of aliphatic hydroxyl groups excluding tert-OH is 1. The molecule has 1 atom stereocenters. The van der Waals surface area contributed by atoms with Gasteiger partial charge in [-0.2, -0.15) is 0 Å². The van der Waals surface area contributed by atoms with Gasteiger partial charge < -0.3 is 9.84 Å². The second-order valence-electron chi connectivity index (χ2n) is 2.17. The van der Waals surface area contributed by atoms with Crippen LogP contribution in [0, 0.1) is 0 Å². The van der Waals surface area contributed by atoms with Crippen LogP contribution in [-0.4, -0.2) is 17.8 Å². The third-order valence-corrected chi connectivity index (χ3v) is 1.45. The van der Waals surface area contributed by atoms with Gasteiger partial charge in [-0.05, 0) is 12.5 Å². The van der Waals surface area contributed by atoms with Crippen LogP contribution in [0.25, 0.3) is 0 Å². The molecule has 2 nitrogen and oxygen atoms in total. The van der Waals surface area contributed by atoms with Crippen molar-refractivity contribution in [1.29, 1.82) is 0 Å². The van der Waals surface area contributed by atoms with Crippen LogP contribution in [0.1, 0.15) is 19.8 Å². The first-order valence-corrected chi connectivity index (χ1v) is 3.35. The molecular formula is C7H12O2. The van der Waals surface area contributed by atoms with Crippen LogP contribution in [0.4, 0.5) is 0 Å². The van der Waals surface area contributed by atoms with Crippen LogP contribution in [0.5, 0.6) is 0 Å². The lowest BCUT2D eigenvalue weighted by molar-refractivity contribution is 0.115. The molecule has 0 bridgehead atoms. The Morgan fingerprint density at radius 2 is 2.67 bits per heavy atom. The molecule has 0 fully saturated rings. The van der Waals surface area contributed by atoms with Gasteiger partial charge in [0, 0.05) is 6.42 Å². The van der Waals surface area contributed by atoms with E-state index in [1.54, 1.807) is 0 Å². The Morgan fingerprint density at radius 1 is 1.89 bits per heavy atom. The zero-order valence-corrected chi connectivity index (χ0v) is 5.63. The molecule has 52 valence electrons. The van der Waals surface area contributed by atoms with Crippen LogP contribution >= 0.6 is 0 Å². The van der Waals surface area contributed by atoms with Gasteiger partial charge in [0.1, 0.15) is 11.9 Å². The van der Waals surface area contributed by atoms with Crippen molar-refractivity contribution in [1.82, 2.24) is 0 Å². The molecular weight excluding hydrogens is 116 g/mol. The molecule has 1 aliphatic heterocycles. The smallest absolute Gasteiger partial charge is 0.121 e. The molecule has 1 heterocycles. The monoisotopic (exact) mass is 128 g/mol. The van der Waals surface area contributed by atoms with E-state index in [0.717, 1.165) is 25.2 Å². The van der Waals surface area contributed by atoms with Crippen molar-refractivity contribution in [2.45, 2.75) is 25.9 Å². The number of aliphatic hydroxyl groups is 1. The number of rotatable bonds is 2. The van der Waals surface area contributed by atoms with Gasteiger partial charge in [-0.1, -0.05) is 6.92 Å². The van der Waals surface area contributed by atoms with Crippen LogP contribution in [0.3, 0.4) is 0 Å². The van der Waals surface area contributed by atoms with Crippen LogP contribution in [-0.2, 0) is 4.74 Å². The lowest BCUT2D eigenvalue weighted by Crippen LogP contribution is -2.08. The highest BCUT2D eigenvalue weighted by Gasteiger charge is 2.12. The number of ether oxygens (including phenoxy) is 1. The van der Waals surface area contributed by atoms with Crippen molar-refractivity contribution < 1.29 is 9.84 Å². The van der Waals surface area contributed by atoms with Crippen LogP contribution in [0.2, 0.25) is 0 Å². The zero-order chi connectivity index (χ0) is 6.69. The molecule has 1 N–H and O–H groups in total. The molecule has 1 unspecified atom stereocenters. The minimum absolute atomic E-state index is 0.368. The van der Waals surface area contributed by atoms with E-state index in [1.165, 1.54) is 0 Å². The Bertz CT molecular complexity index is 118. The SMILES string of the molecule is CCC(O)C1=CCCO1. The molecule has 1 aliphatic rings. The minimum Gasteiger partial charge on any atom is -0.495 e. The molecule has 0 aliphatic carbocycles. The summed E-state index contributed by atoms with van der Waals surface area (Å²) in [6.07, 6.45) is 3.28. The predicted octanol–water partition coefficient (Wildman–Crippen LogP) is 1.06. The summed E-state index contributed by atoms with van der Waals surface area (Å²) < 4.78 is 5.12. The third-order valence-electron chi connectivity index (χ3n) is 1.45. The maximum Gasteiger partial charge on any atom is 0.121 e. The Morgan fingerprint density at radius 3 is 3.11 bits per heavy atom. The van der Waals surface area contributed by atoms with Gasteiger partial charge in [0.2, 0.25) is 0 Å². The van der Waals surface area contributed by atoms with Gasteiger partial charge in [0.05, 0.1) is 6.61 Å². The van der Waals surface area contributed by atoms with E-state index in [1.807, 2.05) is 13.0 Å². The average molecular weight is 128 g/mol. The Hall–Kier alpha value is -0.500. The summed E-state index contributed by atoms with van der Waals surface area (Å²) in [4.78, 5) is 0. The summed E-state index contributed by atoms with van der Waals surface area (Å²) in [6, 6.07) is 0. The van der Waals surface area contributed by atoms with Gasteiger partial charge in [0.25, 0.3) is 0 Å². The molecule has 0 saturated heterocycles. The van der Waals surface area contributed by atoms with Gasteiger partial charge in [-0.25, -0.2) is 0 Å². The van der Waals surface area contributed by atoms with Gasteiger partial charge in [-0.15, -0.1) is 0 Å². The highest BCUT2D eigenvalue weighted by molar-refractivity contribution is 5.03. The van der Waals surface area contributed by atoms with Crippen molar-refractivity contribution in [2.75, 3.05) is 6.61 Å². The Balaban J connectivity index is 2.40. The maximum absolute atomic E-state index is 9.16. The van der Waals surface area contributed by atoms with Gasteiger partial charge >= 0.3 is 0 Å². The van der Waals surface area contributed by atoms with Gasteiger partial charge in [0.15, 0.2) is 0 Å². The molecule has 0 amide bonds. The zero-order valence-electron chi connectivity index (χ0n) is 5.63. The molecule has 0 aromatic carbocycles. The van der Waals surface area contributed by atoms with E-state index < -0.39 is 0 Å². The number of hydrogen-bond donors (Lipinski definition) is 1. The standard InChI is InChI=1S/C7H12O2/c1-2-6(8)7-4-3-5-9-7/h4,6,8H,2-3,5H2,1H3. The summed E-state index contributed by atoms with van der Waals surface area (Å²) in [5.41, 5.74) is 0. The van der Waals surface area contributed by atoms with Gasteiger partial charge in [-0.3, -0.25) is 0 Å². The fraction of sp³-hybridized carbons (Fsp3) is 0.714. The van der Waals surface area contributed by atoms with E-state index in [4.69, 9.17) is 9.84 Å². The van der Waals surface area contributed by atoms with Crippen molar-refractivity contribution in [3.8, 4) is 0 Å². The molecule has 0 saturated carbocycles. The average Bonchev–Trinajstić information content (AvgIpc) is 2.37. The first-order chi connectivity index (χ1) is 4.34. The summed E-state index contributed by atoms with van der Waals surface area (Å²) in [6.45, 7) is 2.68. The highest BCUT2D eigenvalue weighted by atomic mass is 16.5. The first kappa shape index (κ1) is 6.62. The normalized spacial score (nSPS) is 20.9. The fourth-order valence-electron chi connectivity index (χ4n) is 0.870. The second-order valence-corrected chi connectivity index (χ2v) is 2.17. The lowest BCUT2D eigenvalue weighted by atomic mass is 10.2. The van der Waals surface area contributed by atoms with E-state index >= 15 is 0 Å². The molecule has 2 heteroatoms. The number of hydrogen-bond acceptors (Lipinski definition) is 2. The van der Waals surface area contributed by atoms with Crippen LogP contribution in [0.15, 0.2) is 11.8 Å². The van der Waals surface area contributed by atoms with Crippen molar-refractivity contribution >= 4 is 0 Å². The second kappa shape index (κ2) is 2.87. The van der Waals surface area contributed by atoms with Crippen molar-refractivity contribution in [3.05, 3.63) is 11.8 Å². The van der Waals surface area contributed by atoms with Crippen molar-refractivity contribution in [2.24, 2.45) is 0 Å². The topological polar surface area (TPSA) is 29.5 Å². The molecule has 1 rings (SSSR count).